The molecule has 2 N–H and O–H groups in total. The van der Waals surface area contributed by atoms with Crippen LogP contribution in [0.4, 0.5) is 0 Å². The summed E-state index contributed by atoms with van der Waals surface area (Å²) in [4.78, 5) is 4.59. The molecule has 0 saturated carbocycles. The summed E-state index contributed by atoms with van der Waals surface area (Å²) in [5, 5.41) is 6.65. The lowest BCUT2D eigenvalue weighted by atomic mass is 10.0. The van der Waals surface area contributed by atoms with Crippen molar-refractivity contribution in [2.24, 2.45) is 10.9 Å². The summed E-state index contributed by atoms with van der Waals surface area (Å²) < 4.78 is 16.5. The first-order valence-electron chi connectivity index (χ1n) is 9.62. The Morgan fingerprint density at radius 3 is 2.58 bits per heavy atom. The van der Waals surface area contributed by atoms with Crippen molar-refractivity contribution in [3.63, 3.8) is 0 Å². The van der Waals surface area contributed by atoms with Gasteiger partial charge in [-0.1, -0.05) is 0 Å². The van der Waals surface area contributed by atoms with Crippen molar-refractivity contribution < 1.29 is 14.2 Å². The van der Waals surface area contributed by atoms with Crippen LogP contribution < -0.4 is 10.6 Å². The maximum absolute atomic E-state index is 5.77. The molecular formula is C18H37N3O3. The van der Waals surface area contributed by atoms with Crippen LogP contribution in [0.1, 0.15) is 46.0 Å². The Kier molecular flexibility index (Phi) is 13.8. The summed E-state index contributed by atoms with van der Waals surface area (Å²) in [6, 6.07) is 0. The average molecular weight is 344 g/mol. The van der Waals surface area contributed by atoms with E-state index < -0.39 is 0 Å². The predicted molar refractivity (Wildman–Crippen MR) is 98.7 cm³/mol. The second-order valence-corrected chi connectivity index (χ2v) is 6.08. The average Bonchev–Trinajstić information content (AvgIpc) is 2.61. The van der Waals surface area contributed by atoms with E-state index in [9.17, 15) is 0 Å². The number of hydrogen-bond acceptors (Lipinski definition) is 4. The second-order valence-electron chi connectivity index (χ2n) is 6.08. The van der Waals surface area contributed by atoms with E-state index in [1.165, 1.54) is 0 Å². The monoisotopic (exact) mass is 343 g/mol. The number of nitrogens with zero attached hydrogens (tertiary/aromatic N) is 1. The van der Waals surface area contributed by atoms with Gasteiger partial charge in [0.15, 0.2) is 5.96 Å². The summed E-state index contributed by atoms with van der Waals surface area (Å²) in [7, 11) is 0. The topological polar surface area (TPSA) is 64.1 Å². The van der Waals surface area contributed by atoms with Gasteiger partial charge < -0.3 is 24.8 Å². The smallest absolute Gasteiger partial charge is 0.191 e. The molecular weight excluding hydrogens is 306 g/mol. The Labute approximate surface area is 147 Å². The van der Waals surface area contributed by atoms with E-state index in [0.29, 0.717) is 5.92 Å². The van der Waals surface area contributed by atoms with Crippen molar-refractivity contribution in [2.45, 2.75) is 46.0 Å². The van der Waals surface area contributed by atoms with Crippen LogP contribution in [0, 0.1) is 5.92 Å². The van der Waals surface area contributed by atoms with Gasteiger partial charge in [0.25, 0.3) is 0 Å². The summed E-state index contributed by atoms with van der Waals surface area (Å²) >= 11 is 0. The standard InChI is InChI=1S/C18H37N3O3/c1-3-19-18(20-10-5-6-12-22-4-2)21-11-7-13-24-16-17-8-14-23-15-9-17/h17H,3-16H2,1-2H3,(H2,19,20,21). The molecule has 1 saturated heterocycles. The molecule has 1 rings (SSSR count). The van der Waals surface area contributed by atoms with Gasteiger partial charge in [0.1, 0.15) is 0 Å². The van der Waals surface area contributed by atoms with E-state index in [0.717, 1.165) is 97.3 Å². The zero-order valence-electron chi connectivity index (χ0n) is 15.6. The SMILES string of the molecule is CCNC(=NCCCOCC1CCOCC1)NCCCCOCC. The van der Waals surface area contributed by atoms with Crippen molar-refractivity contribution in [1.29, 1.82) is 0 Å². The molecule has 0 unspecified atom stereocenters. The van der Waals surface area contributed by atoms with E-state index in [2.05, 4.69) is 22.5 Å². The van der Waals surface area contributed by atoms with Crippen LogP contribution in [0.25, 0.3) is 0 Å². The highest BCUT2D eigenvalue weighted by atomic mass is 16.5. The fourth-order valence-corrected chi connectivity index (χ4v) is 2.54. The largest absolute Gasteiger partial charge is 0.382 e. The normalized spacial score (nSPS) is 16.3. The highest BCUT2D eigenvalue weighted by molar-refractivity contribution is 5.79. The minimum atomic E-state index is 0.679. The molecule has 0 aromatic rings. The molecule has 6 heteroatoms. The van der Waals surface area contributed by atoms with Gasteiger partial charge >= 0.3 is 0 Å². The molecule has 1 aliphatic heterocycles. The maximum atomic E-state index is 5.77. The first kappa shape index (κ1) is 21.2. The minimum Gasteiger partial charge on any atom is -0.382 e. The molecule has 6 nitrogen and oxygen atoms in total. The number of nitrogens with one attached hydrogen (secondary N) is 2. The molecule has 0 aliphatic carbocycles. The van der Waals surface area contributed by atoms with Gasteiger partial charge in [-0.25, -0.2) is 0 Å². The lowest BCUT2D eigenvalue weighted by Gasteiger charge is -2.21. The first-order chi connectivity index (χ1) is 11.9. The van der Waals surface area contributed by atoms with E-state index in [4.69, 9.17) is 14.2 Å². The number of unbranched alkanes of at least 4 members (excludes halogenated alkanes) is 1. The van der Waals surface area contributed by atoms with Gasteiger partial charge in [-0.15, -0.1) is 0 Å². The van der Waals surface area contributed by atoms with E-state index in [1.54, 1.807) is 0 Å². The molecule has 0 amide bonds. The molecule has 0 aromatic heterocycles. The number of guanidine groups is 1. The predicted octanol–water partition coefficient (Wildman–Crippen LogP) is 2.19. The maximum Gasteiger partial charge on any atom is 0.191 e. The Hall–Kier alpha value is -0.850. The molecule has 0 spiro atoms. The molecule has 142 valence electrons. The Morgan fingerprint density at radius 1 is 1.04 bits per heavy atom. The van der Waals surface area contributed by atoms with Crippen LogP contribution in [-0.2, 0) is 14.2 Å². The highest BCUT2D eigenvalue weighted by Crippen LogP contribution is 2.14. The third-order valence-corrected chi connectivity index (χ3v) is 3.97. The van der Waals surface area contributed by atoms with E-state index in [1.807, 2.05) is 6.92 Å². The van der Waals surface area contributed by atoms with Gasteiger partial charge in [0, 0.05) is 59.3 Å². The van der Waals surface area contributed by atoms with Gasteiger partial charge in [-0.05, 0) is 51.9 Å². The van der Waals surface area contributed by atoms with E-state index in [-0.39, 0.29) is 0 Å². The zero-order chi connectivity index (χ0) is 17.3. The third kappa shape index (κ3) is 11.6. The molecule has 0 radical (unpaired) electrons. The number of ether oxygens (including phenoxy) is 3. The van der Waals surface area contributed by atoms with Crippen LogP contribution in [-0.4, -0.2) is 65.2 Å². The van der Waals surface area contributed by atoms with Crippen LogP contribution in [0.2, 0.25) is 0 Å². The fraction of sp³-hybridized carbons (Fsp3) is 0.944. The van der Waals surface area contributed by atoms with Crippen molar-refractivity contribution in [2.75, 3.05) is 59.3 Å². The summed E-state index contributed by atoms with van der Waals surface area (Å²) in [6.07, 6.45) is 5.41. The summed E-state index contributed by atoms with van der Waals surface area (Å²) in [6.45, 7) is 11.8. The van der Waals surface area contributed by atoms with Gasteiger partial charge in [0.2, 0.25) is 0 Å². The van der Waals surface area contributed by atoms with Crippen molar-refractivity contribution in [1.82, 2.24) is 10.6 Å². The Morgan fingerprint density at radius 2 is 1.83 bits per heavy atom. The van der Waals surface area contributed by atoms with Crippen LogP contribution >= 0.6 is 0 Å². The zero-order valence-corrected chi connectivity index (χ0v) is 15.6. The molecule has 1 aliphatic rings. The molecule has 1 fully saturated rings. The fourth-order valence-electron chi connectivity index (χ4n) is 2.54. The quantitative estimate of drug-likeness (QED) is 0.305. The van der Waals surface area contributed by atoms with Crippen molar-refractivity contribution in [3.8, 4) is 0 Å². The second kappa shape index (κ2) is 15.7. The van der Waals surface area contributed by atoms with Crippen LogP contribution in [0.5, 0.6) is 0 Å². The van der Waals surface area contributed by atoms with Gasteiger partial charge in [-0.2, -0.15) is 0 Å². The lowest BCUT2D eigenvalue weighted by Crippen LogP contribution is -2.38. The summed E-state index contributed by atoms with van der Waals surface area (Å²) in [5.74, 6) is 1.58. The number of hydrogen-bond donors (Lipinski definition) is 2. The highest BCUT2D eigenvalue weighted by Gasteiger charge is 2.13. The summed E-state index contributed by atoms with van der Waals surface area (Å²) in [5.41, 5.74) is 0. The Bertz CT molecular complexity index is 308. The van der Waals surface area contributed by atoms with E-state index >= 15 is 0 Å². The Balaban J connectivity index is 2.02. The lowest BCUT2D eigenvalue weighted by molar-refractivity contribution is 0.0205. The first-order valence-corrected chi connectivity index (χ1v) is 9.62. The molecule has 0 atom stereocenters. The van der Waals surface area contributed by atoms with Crippen LogP contribution in [0.15, 0.2) is 4.99 Å². The van der Waals surface area contributed by atoms with Crippen molar-refractivity contribution in [3.05, 3.63) is 0 Å². The molecule has 0 aromatic carbocycles. The third-order valence-electron chi connectivity index (χ3n) is 3.97. The van der Waals surface area contributed by atoms with Crippen molar-refractivity contribution >= 4 is 5.96 Å². The number of rotatable bonds is 13. The van der Waals surface area contributed by atoms with Crippen LogP contribution in [0.3, 0.4) is 0 Å². The van der Waals surface area contributed by atoms with Gasteiger partial charge in [0.05, 0.1) is 0 Å². The number of aliphatic imine (C=N–C) groups is 1. The van der Waals surface area contributed by atoms with Gasteiger partial charge in [-0.3, -0.25) is 4.99 Å². The minimum absolute atomic E-state index is 0.679. The molecule has 24 heavy (non-hydrogen) atoms. The molecule has 0 bridgehead atoms. The molecule has 1 heterocycles.